The Morgan fingerprint density at radius 2 is 2.14 bits per heavy atom. The number of hydrogen-bond acceptors (Lipinski definition) is 3. The molecule has 84 valence electrons. The molecule has 0 heterocycles. The minimum absolute atomic E-state index is 0.135. The molecule has 4 heteroatoms. The lowest BCUT2D eigenvalue weighted by atomic mass is 9.82. The van der Waals surface area contributed by atoms with E-state index in [-0.39, 0.29) is 12.6 Å². The van der Waals surface area contributed by atoms with Crippen LogP contribution in [-0.2, 0) is 9.53 Å². The summed E-state index contributed by atoms with van der Waals surface area (Å²) in [6.45, 7) is 6.32. The molecule has 3 N–H and O–H groups in total. The van der Waals surface area contributed by atoms with Gasteiger partial charge in [-0.2, -0.15) is 0 Å². The zero-order valence-corrected chi connectivity index (χ0v) is 9.25. The predicted molar refractivity (Wildman–Crippen MR) is 55.1 cm³/mol. The molecule has 0 aliphatic rings. The number of nitrogens with two attached hydrogens (primary N) is 1. The first-order valence-corrected chi connectivity index (χ1v) is 5.03. The fourth-order valence-electron chi connectivity index (χ4n) is 1.26. The molecular weight excluding hydrogens is 182 g/mol. The summed E-state index contributed by atoms with van der Waals surface area (Å²) in [4.78, 5) is 11.0. The van der Waals surface area contributed by atoms with Gasteiger partial charge in [-0.1, -0.05) is 6.92 Å². The Hall–Kier alpha value is -0.610. The average molecular weight is 203 g/mol. The van der Waals surface area contributed by atoms with E-state index in [0.29, 0.717) is 19.4 Å². The highest BCUT2D eigenvalue weighted by Gasteiger charge is 2.34. The Morgan fingerprint density at radius 1 is 1.57 bits per heavy atom. The third-order valence-electron chi connectivity index (χ3n) is 2.55. The minimum atomic E-state index is -0.824. The van der Waals surface area contributed by atoms with Crippen molar-refractivity contribution in [2.45, 2.75) is 39.7 Å². The van der Waals surface area contributed by atoms with Gasteiger partial charge in [0.2, 0.25) is 0 Å². The summed E-state index contributed by atoms with van der Waals surface area (Å²) in [6, 6.07) is 0. The first-order valence-electron chi connectivity index (χ1n) is 5.03. The van der Waals surface area contributed by atoms with E-state index in [1.807, 2.05) is 20.8 Å². The smallest absolute Gasteiger partial charge is 0.310 e. The van der Waals surface area contributed by atoms with Gasteiger partial charge in [-0.3, -0.25) is 4.79 Å². The largest absolute Gasteiger partial charge is 0.481 e. The van der Waals surface area contributed by atoms with E-state index in [0.717, 1.165) is 0 Å². The molecule has 0 radical (unpaired) electrons. The molecule has 0 saturated heterocycles. The molecule has 0 spiro atoms. The van der Waals surface area contributed by atoms with Crippen LogP contribution in [0.5, 0.6) is 0 Å². The topological polar surface area (TPSA) is 72.5 Å². The molecule has 0 aromatic rings. The van der Waals surface area contributed by atoms with Crippen molar-refractivity contribution < 1.29 is 14.6 Å². The third-order valence-corrected chi connectivity index (χ3v) is 2.55. The van der Waals surface area contributed by atoms with Crippen LogP contribution >= 0.6 is 0 Å². The summed E-state index contributed by atoms with van der Waals surface area (Å²) >= 11 is 0. The van der Waals surface area contributed by atoms with Gasteiger partial charge in [0, 0.05) is 13.2 Å². The molecule has 0 aromatic heterocycles. The summed E-state index contributed by atoms with van der Waals surface area (Å²) < 4.78 is 5.33. The Balaban J connectivity index is 4.16. The molecule has 1 unspecified atom stereocenters. The molecule has 0 rings (SSSR count). The van der Waals surface area contributed by atoms with Crippen molar-refractivity contribution in [1.82, 2.24) is 0 Å². The van der Waals surface area contributed by atoms with Gasteiger partial charge in [-0.15, -0.1) is 0 Å². The summed E-state index contributed by atoms with van der Waals surface area (Å²) in [6.07, 6.45) is 1.16. The molecule has 14 heavy (non-hydrogen) atoms. The van der Waals surface area contributed by atoms with Crippen LogP contribution in [0.25, 0.3) is 0 Å². The van der Waals surface area contributed by atoms with E-state index in [2.05, 4.69) is 0 Å². The maximum Gasteiger partial charge on any atom is 0.310 e. The van der Waals surface area contributed by atoms with Crippen molar-refractivity contribution in [3.63, 3.8) is 0 Å². The van der Waals surface area contributed by atoms with Crippen molar-refractivity contribution in [1.29, 1.82) is 0 Å². The van der Waals surface area contributed by atoms with E-state index in [4.69, 9.17) is 15.6 Å². The maximum atomic E-state index is 11.0. The Kier molecular flexibility index (Phi) is 5.72. The lowest BCUT2D eigenvalue weighted by molar-refractivity contribution is -0.150. The molecule has 0 saturated carbocycles. The van der Waals surface area contributed by atoms with Gasteiger partial charge in [0.05, 0.1) is 11.5 Å². The van der Waals surface area contributed by atoms with Crippen LogP contribution in [0.3, 0.4) is 0 Å². The molecule has 0 aliphatic heterocycles. The molecular formula is C10H21NO3. The van der Waals surface area contributed by atoms with Crippen molar-refractivity contribution in [2.24, 2.45) is 11.1 Å². The van der Waals surface area contributed by atoms with Crippen molar-refractivity contribution in [2.75, 3.05) is 13.2 Å². The monoisotopic (exact) mass is 203 g/mol. The van der Waals surface area contributed by atoms with Crippen LogP contribution in [-0.4, -0.2) is 30.3 Å². The van der Waals surface area contributed by atoms with E-state index in [1.165, 1.54) is 0 Å². The number of carbonyl (C=O) groups is 1. The summed E-state index contributed by atoms with van der Waals surface area (Å²) in [5.74, 6) is -0.824. The molecule has 0 aliphatic carbocycles. The van der Waals surface area contributed by atoms with Crippen LogP contribution in [0.15, 0.2) is 0 Å². The fourth-order valence-corrected chi connectivity index (χ4v) is 1.26. The standard InChI is InChI=1S/C10H21NO3/c1-4-10(7-11,9(12)13)5-6-14-8(2)3/h8H,4-7,11H2,1-3H3,(H,12,13). The normalized spacial score (nSPS) is 15.5. The Labute approximate surface area is 85.4 Å². The highest BCUT2D eigenvalue weighted by atomic mass is 16.5. The fraction of sp³-hybridized carbons (Fsp3) is 0.900. The predicted octanol–water partition coefficient (Wildman–Crippen LogP) is 1.24. The first kappa shape index (κ1) is 13.4. The van der Waals surface area contributed by atoms with E-state index in [9.17, 15) is 4.79 Å². The number of carboxylic acid groups (broad SMARTS) is 1. The van der Waals surface area contributed by atoms with Crippen LogP contribution in [0.4, 0.5) is 0 Å². The summed E-state index contributed by atoms with van der Waals surface area (Å²) in [5, 5.41) is 9.05. The van der Waals surface area contributed by atoms with Gasteiger partial charge in [-0.25, -0.2) is 0 Å². The van der Waals surface area contributed by atoms with Gasteiger partial charge in [0.15, 0.2) is 0 Å². The van der Waals surface area contributed by atoms with Gasteiger partial charge >= 0.3 is 5.97 Å². The second-order valence-corrected chi connectivity index (χ2v) is 3.81. The highest BCUT2D eigenvalue weighted by Crippen LogP contribution is 2.25. The lowest BCUT2D eigenvalue weighted by Gasteiger charge is -2.26. The summed E-state index contributed by atoms with van der Waals surface area (Å²) in [5.41, 5.74) is 4.69. The molecule has 4 nitrogen and oxygen atoms in total. The number of rotatable bonds is 7. The Bertz CT molecular complexity index is 176. The zero-order valence-electron chi connectivity index (χ0n) is 9.25. The SMILES string of the molecule is CCC(CN)(CCOC(C)C)C(=O)O. The molecule has 0 fully saturated rings. The van der Waals surface area contributed by atoms with Gasteiger partial charge in [0.1, 0.15) is 0 Å². The molecule has 0 bridgehead atoms. The summed E-state index contributed by atoms with van der Waals surface area (Å²) in [7, 11) is 0. The third kappa shape index (κ3) is 3.64. The molecule has 0 amide bonds. The second kappa shape index (κ2) is 5.98. The number of aliphatic carboxylic acids is 1. The number of ether oxygens (including phenoxy) is 1. The van der Waals surface area contributed by atoms with Crippen LogP contribution in [0, 0.1) is 5.41 Å². The van der Waals surface area contributed by atoms with Crippen LogP contribution in [0.2, 0.25) is 0 Å². The molecule has 1 atom stereocenters. The van der Waals surface area contributed by atoms with Crippen molar-refractivity contribution >= 4 is 5.97 Å². The van der Waals surface area contributed by atoms with Crippen molar-refractivity contribution in [3.8, 4) is 0 Å². The molecule has 0 aromatic carbocycles. The van der Waals surface area contributed by atoms with E-state index >= 15 is 0 Å². The highest BCUT2D eigenvalue weighted by molar-refractivity contribution is 5.74. The van der Waals surface area contributed by atoms with Gasteiger partial charge in [0.25, 0.3) is 0 Å². The number of hydrogen-bond donors (Lipinski definition) is 2. The van der Waals surface area contributed by atoms with E-state index < -0.39 is 11.4 Å². The van der Waals surface area contributed by atoms with Gasteiger partial charge < -0.3 is 15.6 Å². The minimum Gasteiger partial charge on any atom is -0.481 e. The first-order chi connectivity index (χ1) is 6.48. The second-order valence-electron chi connectivity index (χ2n) is 3.81. The zero-order chi connectivity index (χ0) is 11.2. The van der Waals surface area contributed by atoms with Crippen LogP contribution < -0.4 is 5.73 Å². The van der Waals surface area contributed by atoms with Gasteiger partial charge in [-0.05, 0) is 26.7 Å². The van der Waals surface area contributed by atoms with Crippen molar-refractivity contribution in [3.05, 3.63) is 0 Å². The van der Waals surface area contributed by atoms with Crippen LogP contribution in [0.1, 0.15) is 33.6 Å². The number of carboxylic acids is 1. The maximum absolute atomic E-state index is 11.0. The van der Waals surface area contributed by atoms with E-state index in [1.54, 1.807) is 0 Å². The lowest BCUT2D eigenvalue weighted by Crippen LogP contribution is -2.39. The Morgan fingerprint density at radius 3 is 2.43 bits per heavy atom. The quantitative estimate of drug-likeness (QED) is 0.653. The average Bonchev–Trinajstić information content (AvgIpc) is 2.12.